The molecule has 0 saturated carbocycles. The molecule has 0 fully saturated rings. The molecule has 2 aromatic carbocycles. The Morgan fingerprint density at radius 3 is 2.62 bits per heavy atom. The van der Waals surface area contributed by atoms with Crippen LogP contribution < -0.4 is 15.2 Å². The summed E-state index contributed by atoms with van der Waals surface area (Å²) in [4.78, 5) is 0.270. The summed E-state index contributed by atoms with van der Waals surface area (Å²) in [5.41, 5.74) is 8.35. The second-order valence-electron chi connectivity index (χ2n) is 4.61. The van der Waals surface area contributed by atoms with Gasteiger partial charge in [-0.2, -0.15) is 0 Å². The molecular formula is C16H16ClNO2S. The van der Waals surface area contributed by atoms with Crippen LogP contribution in [-0.2, 0) is 6.61 Å². The van der Waals surface area contributed by atoms with E-state index in [-0.39, 0.29) is 4.99 Å². The van der Waals surface area contributed by atoms with E-state index in [2.05, 4.69) is 0 Å². The lowest BCUT2D eigenvalue weighted by molar-refractivity contribution is 0.296. The standard InChI is InChI=1S/C16H16ClNO2S/c1-10-3-6-15(19-2)11(7-10)9-20-12-4-5-13(16(18)21)14(17)8-12/h3-8H,9H2,1-2H3,(H2,18,21). The van der Waals surface area contributed by atoms with Crippen LogP contribution in [0.2, 0.25) is 5.02 Å². The Balaban J connectivity index is 2.15. The van der Waals surface area contributed by atoms with Gasteiger partial charge in [0.2, 0.25) is 0 Å². The molecule has 2 aromatic rings. The number of halogens is 1. The highest BCUT2D eigenvalue weighted by molar-refractivity contribution is 7.80. The molecule has 5 heteroatoms. The van der Waals surface area contributed by atoms with Gasteiger partial charge in [0.25, 0.3) is 0 Å². The van der Waals surface area contributed by atoms with Gasteiger partial charge in [-0.25, -0.2) is 0 Å². The highest BCUT2D eigenvalue weighted by Gasteiger charge is 2.07. The van der Waals surface area contributed by atoms with Crippen molar-refractivity contribution < 1.29 is 9.47 Å². The monoisotopic (exact) mass is 321 g/mol. The number of aryl methyl sites for hydroxylation is 1. The van der Waals surface area contributed by atoms with Gasteiger partial charge in [0.1, 0.15) is 23.1 Å². The lowest BCUT2D eigenvalue weighted by Crippen LogP contribution is -2.10. The smallest absolute Gasteiger partial charge is 0.125 e. The fraction of sp³-hybridized carbons (Fsp3) is 0.188. The topological polar surface area (TPSA) is 44.5 Å². The van der Waals surface area contributed by atoms with Crippen LogP contribution >= 0.6 is 23.8 Å². The molecule has 2 rings (SSSR count). The Bertz CT molecular complexity index is 673. The minimum Gasteiger partial charge on any atom is -0.496 e. The fourth-order valence-corrected chi connectivity index (χ4v) is 2.47. The van der Waals surface area contributed by atoms with E-state index in [4.69, 9.17) is 39.0 Å². The Labute approximate surface area is 134 Å². The summed E-state index contributed by atoms with van der Waals surface area (Å²) >= 11 is 11.0. The molecule has 0 unspecified atom stereocenters. The van der Waals surface area contributed by atoms with Gasteiger partial charge < -0.3 is 15.2 Å². The first-order chi connectivity index (χ1) is 10.0. The number of hydrogen-bond acceptors (Lipinski definition) is 3. The third-order valence-corrected chi connectivity index (χ3v) is 3.57. The van der Waals surface area contributed by atoms with Crippen LogP contribution in [0.15, 0.2) is 36.4 Å². The van der Waals surface area contributed by atoms with Crippen molar-refractivity contribution in [2.75, 3.05) is 7.11 Å². The third kappa shape index (κ3) is 3.86. The van der Waals surface area contributed by atoms with Crippen LogP contribution in [0.4, 0.5) is 0 Å². The van der Waals surface area contributed by atoms with E-state index in [1.54, 1.807) is 25.3 Å². The summed E-state index contributed by atoms with van der Waals surface area (Å²) in [6.45, 7) is 2.42. The average molecular weight is 322 g/mol. The zero-order valence-electron chi connectivity index (χ0n) is 11.9. The van der Waals surface area contributed by atoms with Crippen LogP contribution in [0.3, 0.4) is 0 Å². The van der Waals surface area contributed by atoms with Crippen LogP contribution in [0.1, 0.15) is 16.7 Å². The molecule has 0 atom stereocenters. The van der Waals surface area contributed by atoms with Crippen molar-refractivity contribution in [3.63, 3.8) is 0 Å². The summed E-state index contributed by atoms with van der Waals surface area (Å²) < 4.78 is 11.1. The Morgan fingerprint density at radius 1 is 1.24 bits per heavy atom. The van der Waals surface area contributed by atoms with Crippen molar-refractivity contribution in [2.24, 2.45) is 5.73 Å². The lowest BCUT2D eigenvalue weighted by atomic mass is 10.1. The minimum absolute atomic E-state index is 0.270. The number of rotatable bonds is 5. The quantitative estimate of drug-likeness (QED) is 0.849. The van der Waals surface area contributed by atoms with Crippen molar-refractivity contribution in [1.29, 1.82) is 0 Å². The van der Waals surface area contributed by atoms with E-state index in [0.29, 0.717) is 22.9 Å². The second-order valence-corrected chi connectivity index (χ2v) is 5.46. The fourth-order valence-electron chi connectivity index (χ4n) is 1.97. The van der Waals surface area contributed by atoms with Gasteiger partial charge in [0.15, 0.2) is 0 Å². The first-order valence-electron chi connectivity index (χ1n) is 6.37. The normalized spacial score (nSPS) is 10.2. The molecule has 0 heterocycles. The molecule has 0 aliphatic carbocycles. The van der Waals surface area contributed by atoms with Gasteiger partial charge in [-0.15, -0.1) is 0 Å². The number of thiocarbonyl (C=S) groups is 1. The van der Waals surface area contributed by atoms with Crippen LogP contribution in [-0.4, -0.2) is 12.1 Å². The van der Waals surface area contributed by atoms with E-state index in [9.17, 15) is 0 Å². The molecule has 0 spiro atoms. The predicted octanol–water partition coefficient (Wildman–Crippen LogP) is 3.87. The van der Waals surface area contributed by atoms with Gasteiger partial charge in [-0.1, -0.05) is 35.4 Å². The number of methoxy groups -OCH3 is 1. The van der Waals surface area contributed by atoms with E-state index < -0.39 is 0 Å². The highest BCUT2D eigenvalue weighted by atomic mass is 35.5. The molecular weight excluding hydrogens is 306 g/mol. The Kier molecular flexibility index (Phi) is 5.04. The van der Waals surface area contributed by atoms with E-state index in [0.717, 1.165) is 16.9 Å². The maximum Gasteiger partial charge on any atom is 0.125 e. The van der Waals surface area contributed by atoms with Gasteiger partial charge in [-0.05, 0) is 37.3 Å². The second kappa shape index (κ2) is 6.78. The van der Waals surface area contributed by atoms with Crippen LogP contribution in [0, 0.1) is 6.92 Å². The maximum atomic E-state index is 6.12. The Morgan fingerprint density at radius 2 is 2.00 bits per heavy atom. The molecule has 0 radical (unpaired) electrons. The van der Waals surface area contributed by atoms with Gasteiger partial charge in [0.05, 0.1) is 12.1 Å². The third-order valence-electron chi connectivity index (χ3n) is 3.04. The van der Waals surface area contributed by atoms with Crippen molar-refractivity contribution in [1.82, 2.24) is 0 Å². The predicted molar refractivity (Wildman–Crippen MR) is 89.4 cm³/mol. The van der Waals surface area contributed by atoms with Crippen molar-refractivity contribution in [3.8, 4) is 11.5 Å². The molecule has 0 saturated heterocycles. The molecule has 0 amide bonds. The zero-order chi connectivity index (χ0) is 15.4. The van der Waals surface area contributed by atoms with Gasteiger partial charge >= 0.3 is 0 Å². The highest BCUT2D eigenvalue weighted by Crippen LogP contribution is 2.25. The number of hydrogen-bond donors (Lipinski definition) is 1. The molecule has 0 aliphatic rings. The summed E-state index contributed by atoms with van der Waals surface area (Å²) in [6.07, 6.45) is 0. The summed E-state index contributed by atoms with van der Waals surface area (Å²) in [6, 6.07) is 11.2. The number of benzene rings is 2. The van der Waals surface area contributed by atoms with E-state index >= 15 is 0 Å². The molecule has 2 N–H and O–H groups in total. The zero-order valence-corrected chi connectivity index (χ0v) is 13.4. The van der Waals surface area contributed by atoms with Gasteiger partial charge in [0, 0.05) is 11.1 Å². The molecule has 0 bridgehead atoms. The lowest BCUT2D eigenvalue weighted by Gasteiger charge is -2.12. The Hall–Kier alpha value is -1.78. The van der Waals surface area contributed by atoms with Crippen molar-refractivity contribution in [3.05, 3.63) is 58.1 Å². The van der Waals surface area contributed by atoms with Crippen molar-refractivity contribution in [2.45, 2.75) is 13.5 Å². The average Bonchev–Trinajstić information content (AvgIpc) is 2.45. The van der Waals surface area contributed by atoms with Crippen LogP contribution in [0.25, 0.3) is 0 Å². The van der Waals surface area contributed by atoms with Crippen molar-refractivity contribution >= 4 is 28.8 Å². The summed E-state index contributed by atoms with van der Waals surface area (Å²) in [5, 5.41) is 0.483. The number of ether oxygens (including phenoxy) is 2. The molecule has 0 aliphatic heterocycles. The first kappa shape index (κ1) is 15.6. The molecule has 21 heavy (non-hydrogen) atoms. The summed E-state index contributed by atoms with van der Waals surface area (Å²) in [5.74, 6) is 1.45. The molecule has 0 aromatic heterocycles. The van der Waals surface area contributed by atoms with E-state index in [1.165, 1.54) is 0 Å². The SMILES string of the molecule is COc1ccc(C)cc1COc1ccc(C(N)=S)c(Cl)c1. The first-order valence-corrected chi connectivity index (χ1v) is 7.15. The minimum atomic E-state index is 0.270. The largest absolute Gasteiger partial charge is 0.496 e. The maximum absolute atomic E-state index is 6.12. The molecule has 110 valence electrons. The van der Waals surface area contributed by atoms with Crippen LogP contribution in [0.5, 0.6) is 11.5 Å². The summed E-state index contributed by atoms with van der Waals surface area (Å²) in [7, 11) is 1.64. The van der Waals surface area contributed by atoms with Gasteiger partial charge in [-0.3, -0.25) is 0 Å². The molecule has 3 nitrogen and oxygen atoms in total. The number of nitrogens with two attached hydrogens (primary N) is 1. The van der Waals surface area contributed by atoms with E-state index in [1.807, 2.05) is 25.1 Å².